The van der Waals surface area contributed by atoms with E-state index in [1.54, 1.807) is 0 Å². The lowest BCUT2D eigenvalue weighted by atomic mass is 9.56. The predicted octanol–water partition coefficient (Wildman–Crippen LogP) is 3.59. The lowest BCUT2D eigenvalue weighted by Gasteiger charge is -2.48. The van der Waals surface area contributed by atoms with Crippen molar-refractivity contribution in [1.82, 2.24) is 0 Å². The summed E-state index contributed by atoms with van der Waals surface area (Å²) in [5.74, 6) is 2.04. The van der Waals surface area contributed by atoms with Crippen LogP contribution in [0.5, 0.6) is 0 Å². The van der Waals surface area contributed by atoms with Gasteiger partial charge in [0.25, 0.3) is 0 Å². The highest BCUT2D eigenvalue weighted by molar-refractivity contribution is 5.85. The van der Waals surface area contributed by atoms with Gasteiger partial charge in [-0.1, -0.05) is 32.9 Å². The summed E-state index contributed by atoms with van der Waals surface area (Å²) in [6.45, 7) is 11.2. The molecule has 0 heterocycles. The van der Waals surface area contributed by atoms with Crippen LogP contribution >= 0.6 is 0 Å². The van der Waals surface area contributed by atoms with E-state index < -0.39 is 0 Å². The van der Waals surface area contributed by atoms with Crippen molar-refractivity contribution in [3.05, 3.63) is 12.2 Å². The number of ketones is 1. The predicted molar refractivity (Wildman–Crippen MR) is 65.0 cm³/mol. The lowest BCUT2D eigenvalue weighted by molar-refractivity contribution is -0.121. The fourth-order valence-electron chi connectivity index (χ4n) is 4.82. The van der Waals surface area contributed by atoms with Crippen molar-refractivity contribution >= 4 is 5.78 Å². The Kier molecular flexibility index (Phi) is 1.85. The van der Waals surface area contributed by atoms with Gasteiger partial charge in [-0.05, 0) is 41.9 Å². The molecule has 1 unspecified atom stereocenters. The van der Waals surface area contributed by atoms with Crippen molar-refractivity contribution in [3.8, 4) is 0 Å². The maximum absolute atomic E-state index is 12.0. The van der Waals surface area contributed by atoms with Crippen molar-refractivity contribution in [3.63, 3.8) is 0 Å². The van der Waals surface area contributed by atoms with E-state index in [9.17, 15) is 4.79 Å². The standard InChI is InChI=1S/C15H22O/c1-9-12-7-13(16)10(2)15(12)6-5-11(8-15)14(9,3)4/h10-12H,1,5-8H2,2-4H3/t10-,11-,12?,15+/m1/s1. The largest absolute Gasteiger partial charge is 0.299 e. The number of Topliss-reactive ketones (excluding diaryl/α,β-unsaturated/α-hetero) is 1. The van der Waals surface area contributed by atoms with Gasteiger partial charge in [-0.25, -0.2) is 0 Å². The van der Waals surface area contributed by atoms with E-state index in [-0.39, 0.29) is 11.3 Å². The molecule has 0 amide bonds. The number of carbonyl (C=O) groups excluding carboxylic acids is 1. The minimum Gasteiger partial charge on any atom is -0.299 e. The highest BCUT2D eigenvalue weighted by atomic mass is 16.1. The molecular formula is C15H22O. The summed E-state index contributed by atoms with van der Waals surface area (Å²) in [5, 5.41) is 0. The van der Waals surface area contributed by atoms with Crippen LogP contribution in [0.15, 0.2) is 12.2 Å². The van der Waals surface area contributed by atoms with Gasteiger partial charge in [0.1, 0.15) is 5.78 Å². The third kappa shape index (κ3) is 0.959. The van der Waals surface area contributed by atoms with Crippen molar-refractivity contribution in [2.24, 2.45) is 28.6 Å². The fraction of sp³-hybridized carbons (Fsp3) is 0.800. The van der Waals surface area contributed by atoms with E-state index in [4.69, 9.17) is 0 Å². The van der Waals surface area contributed by atoms with Gasteiger partial charge in [0, 0.05) is 12.3 Å². The average molecular weight is 218 g/mol. The van der Waals surface area contributed by atoms with Crippen LogP contribution in [0.3, 0.4) is 0 Å². The highest BCUT2D eigenvalue weighted by Crippen LogP contribution is 2.69. The van der Waals surface area contributed by atoms with Crippen LogP contribution in [0.4, 0.5) is 0 Å². The van der Waals surface area contributed by atoms with E-state index in [1.807, 2.05) is 0 Å². The van der Waals surface area contributed by atoms with Gasteiger partial charge in [0.15, 0.2) is 0 Å². The summed E-state index contributed by atoms with van der Waals surface area (Å²) >= 11 is 0. The molecule has 3 aliphatic rings. The zero-order valence-corrected chi connectivity index (χ0v) is 10.7. The van der Waals surface area contributed by atoms with Crippen molar-refractivity contribution < 1.29 is 4.79 Å². The molecule has 0 aromatic rings. The first-order valence-corrected chi connectivity index (χ1v) is 6.61. The van der Waals surface area contributed by atoms with Crippen LogP contribution in [0, 0.1) is 28.6 Å². The average Bonchev–Trinajstić information content (AvgIpc) is 2.75. The zero-order chi connectivity index (χ0) is 11.7. The Balaban J connectivity index is 2.10. The van der Waals surface area contributed by atoms with Gasteiger partial charge in [-0.2, -0.15) is 0 Å². The third-order valence-corrected chi connectivity index (χ3v) is 6.30. The van der Waals surface area contributed by atoms with E-state index in [0.717, 1.165) is 12.3 Å². The van der Waals surface area contributed by atoms with Crippen molar-refractivity contribution in [1.29, 1.82) is 0 Å². The number of rotatable bonds is 0. The van der Waals surface area contributed by atoms with Crippen LogP contribution in [0.25, 0.3) is 0 Å². The topological polar surface area (TPSA) is 17.1 Å². The fourth-order valence-corrected chi connectivity index (χ4v) is 4.82. The smallest absolute Gasteiger partial charge is 0.136 e. The van der Waals surface area contributed by atoms with Crippen molar-refractivity contribution in [2.45, 2.75) is 46.5 Å². The van der Waals surface area contributed by atoms with E-state index in [0.29, 0.717) is 17.1 Å². The molecule has 0 saturated heterocycles. The van der Waals surface area contributed by atoms with Crippen LogP contribution in [-0.4, -0.2) is 5.78 Å². The molecule has 1 spiro atoms. The molecule has 4 atom stereocenters. The summed E-state index contributed by atoms with van der Waals surface area (Å²) in [4.78, 5) is 12.0. The molecule has 0 aliphatic heterocycles. The molecule has 2 bridgehead atoms. The first-order chi connectivity index (χ1) is 7.39. The van der Waals surface area contributed by atoms with Gasteiger partial charge >= 0.3 is 0 Å². The van der Waals surface area contributed by atoms with Crippen molar-refractivity contribution in [2.75, 3.05) is 0 Å². The SMILES string of the molecule is C=C1C2CC(=O)[C@@H](C)[C@@]23CC[C@H](C3)C1(C)C. The first kappa shape index (κ1) is 10.6. The second kappa shape index (κ2) is 2.80. The Hall–Kier alpha value is -0.590. The summed E-state index contributed by atoms with van der Waals surface area (Å²) in [6, 6.07) is 0. The van der Waals surface area contributed by atoms with Gasteiger partial charge < -0.3 is 0 Å². The number of hydrogen-bond donors (Lipinski definition) is 0. The van der Waals surface area contributed by atoms with Gasteiger partial charge in [0.2, 0.25) is 0 Å². The first-order valence-electron chi connectivity index (χ1n) is 6.61. The Labute approximate surface area is 98.3 Å². The molecule has 1 nitrogen and oxygen atoms in total. The Morgan fingerprint density at radius 2 is 2.06 bits per heavy atom. The monoisotopic (exact) mass is 218 g/mol. The number of carbonyl (C=O) groups is 1. The maximum atomic E-state index is 12.0. The number of allylic oxidation sites excluding steroid dienone is 1. The molecule has 0 N–H and O–H groups in total. The summed E-state index contributed by atoms with van der Waals surface area (Å²) in [6.07, 6.45) is 4.62. The molecule has 0 radical (unpaired) electrons. The van der Waals surface area contributed by atoms with Crippen LogP contribution < -0.4 is 0 Å². The van der Waals surface area contributed by atoms with E-state index in [2.05, 4.69) is 27.4 Å². The minimum atomic E-state index is 0.259. The number of hydrogen-bond acceptors (Lipinski definition) is 1. The van der Waals surface area contributed by atoms with Gasteiger partial charge in [-0.15, -0.1) is 0 Å². The number of fused-ring (bicyclic) bond motifs is 1. The molecule has 1 heteroatoms. The quantitative estimate of drug-likeness (QED) is 0.568. The molecule has 3 fully saturated rings. The molecular weight excluding hydrogens is 196 g/mol. The molecule has 3 aliphatic carbocycles. The minimum absolute atomic E-state index is 0.259. The van der Waals surface area contributed by atoms with Gasteiger partial charge in [0.05, 0.1) is 0 Å². The Bertz CT molecular complexity index is 379. The third-order valence-electron chi connectivity index (χ3n) is 6.30. The maximum Gasteiger partial charge on any atom is 0.136 e. The molecule has 16 heavy (non-hydrogen) atoms. The van der Waals surface area contributed by atoms with Crippen LogP contribution in [0.2, 0.25) is 0 Å². The van der Waals surface area contributed by atoms with E-state index >= 15 is 0 Å². The molecule has 3 saturated carbocycles. The Morgan fingerprint density at radius 1 is 1.38 bits per heavy atom. The summed E-state index contributed by atoms with van der Waals surface area (Å²) in [5.41, 5.74) is 1.95. The van der Waals surface area contributed by atoms with E-state index in [1.165, 1.54) is 24.8 Å². The second-order valence-corrected chi connectivity index (χ2v) is 6.86. The summed E-state index contributed by atoms with van der Waals surface area (Å²) < 4.78 is 0. The Morgan fingerprint density at radius 3 is 2.75 bits per heavy atom. The molecule has 0 aromatic carbocycles. The normalized spacial score (nSPS) is 49.6. The lowest BCUT2D eigenvalue weighted by Crippen LogP contribution is -2.40. The summed E-state index contributed by atoms with van der Waals surface area (Å²) in [7, 11) is 0. The van der Waals surface area contributed by atoms with Crippen LogP contribution in [-0.2, 0) is 4.79 Å². The molecule has 88 valence electrons. The molecule has 3 rings (SSSR count). The van der Waals surface area contributed by atoms with Gasteiger partial charge in [-0.3, -0.25) is 4.79 Å². The molecule has 0 aromatic heterocycles. The highest BCUT2D eigenvalue weighted by Gasteiger charge is 2.63. The second-order valence-electron chi connectivity index (χ2n) is 6.86. The van der Waals surface area contributed by atoms with Crippen LogP contribution in [0.1, 0.15) is 46.5 Å². The zero-order valence-electron chi connectivity index (χ0n) is 10.7.